The first-order valence-corrected chi connectivity index (χ1v) is 12.7. The molecule has 1 aliphatic rings. The summed E-state index contributed by atoms with van der Waals surface area (Å²) in [5.41, 5.74) is -0.484. The summed E-state index contributed by atoms with van der Waals surface area (Å²) in [6.45, 7) is -0.768. The summed E-state index contributed by atoms with van der Waals surface area (Å²) < 4.78 is 17.2. The number of carbonyl (C=O) groups excluding carboxylic acids is 1. The molecular formula is C30H26O12. The molecule has 1 aliphatic heterocycles. The number of aliphatic hydroxyl groups is 3. The van der Waals surface area contributed by atoms with E-state index in [4.69, 9.17) is 13.9 Å². The van der Waals surface area contributed by atoms with Crippen LogP contribution < -0.4 is 5.43 Å². The molecule has 0 bridgehead atoms. The summed E-state index contributed by atoms with van der Waals surface area (Å²) >= 11 is 0. The molecule has 5 rings (SSSR count). The van der Waals surface area contributed by atoms with Crippen molar-refractivity contribution in [2.75, 3.05) is 6.61 Å². The number of esters is 1. The largest absolute Gasteiger partial charge is 0.508 e. The van der Waals surface area contributed by atoms with Gasteiger partial charge in [-0.15, -0.1) is 0 Å². The Morgan fingerprint density at radius 3 is 2.17 bits per heavy atom. The number of benzene rings is 3. The highest BCUT2D eigenvalue weighted by Crippen LogP contribution is 2.44. The number of aromatic hydroxyl groups is 4. The molecule has 1 saturated heterocycles. The Morgan fingerprint density at radius 1 is 0.881 bits per heavy atom. The summed E-state index contributed by atoms with van der Waals surface area (Å²) in [4.78, 5) is 25.9. The highest BCUT2D eigenvalue weighted by molar-refractivity contribution is 5.90. The molecule has 12 nitrogen and oxygen atoms in total. The van der Waals surface area contributed by atoms with Crippen molar-refractivity contribution in [2.24, 2.45) is 0 Å². The number of ether oxygens (including phenoxy) is 2. The van der Waals surface area contributed by atoms with E-state index in [0.29, 0.717) is 11.1 Å². The molecular weight excluding hydrogens is 552 g/mol. The fourth-order valence-electron chi connectivity index (χ4n) is 4.74. The van der Waals surface area contributed by atoms with E-state index in [0.717, 1.165) is 18.2 Å². The van der Waals surface area contributed by atoms with E-state index in [1.54, 1.807) is 0 Å². The molecule has 1 fully saturated rings. The topological polar surface area (TPSA) is 207 Å². The number of carbonyl (C=O) groups is 1. The number of phenols is 4. The lowest BCUT2D eigenvalue weighted by molar-refractivity contribution is -0.239. The molecule has 7 N–H and O–H groups in total. The van der Waals surface area contributed by atoms with Gasteiger partial charge in [0.15, 0.2) is 17.1 Å². The zero-order valence-electron chi connectivity index (χ0n) is 21.7. The molecule has 0 aliphatic carbocycles. The summed E-state index contributed by atoms with van der Waals surface area (Å²) in [6.07, 6.45) is -5.84. The number of fused-ring (bicyclic) bond motifs is 1. The Morgan fingerprint density at radius 2 is 1.52 bits per heavy atom. The van der Waals surface area contributed by atoms with E-state index >= 15 is 0 Å². The lowest BCUT2D eigenvalue weighted by atomic mass is 9.89. The van der Waals surface area contributed by atoms with Crippen LogP contribution >= 0.6 is 0 Å². The van der Waals surface area contributed by atoms with Gasteiger partial charge in [0, 0.05) is 23.8 Å². The normalized spacial score (nSPS) is 22.4. The number of aliphatic hydroxyl groups excluding tert-OH is 3. The molecule has 0 saturated carbocycles. The van der Waals surface area contributed by atoms with E-state index in [2.05, 4.69) is 0 Å². The molecule has 0 amide bonds. The monoisotopic (exact) mass is 578 g/mol. The van der Waals surface area contributed by atoms with E-state index < -0.39 is 60.0 Å². The van der Waals surface area contributed by atoms with Crippen molar-refractivity contribution in [3.05, 3.63) is 88.1 Å². The third-order valence-corrected chi connectivity index (χ3v) is 6.86. The van der Waals surface area contributed by atoms with Crippen LogP contribution in [0.15, 0.2) is 76.0 Å². The van der Waals surface area contributed by atoms with Gasteiger partial charge in [-0.05, 0) is 48.0 Å². The molecule has 3 aromatic carbocycles. The van der Waals surface area contributed by atoms with Crippen LogP contribution in [0.2, 0.25) is 0 Å². The summed E-state index contributed by atoms with van der Waals surface area (Å²) in [5, 5.41) is 71.5. The van der Waals surface area contributed by atoms with Crippen LogP contribution in [-0.2, 0) is 14.3 Å². The van der Waals surface area contributed by atoms with Crippen LogP contribution in [0.1, 0.15) is 17.2 Å². The first-order chi connectivity index (χ1) is 20.1. The minimum atomic E-state index is -1.83. The molecule has 12 heteroatoms. The Hall–Kier alpha value is -4.88. The number of rotatable bonds is 6. The van der Waals surface area contributed by atoms with Gasteiger partial charge in [-0.25, -0.2) is 4.79 Å². The Kier molecular flexibility index (Phi) is 7.87. The minimum Gasteiger partial charge on any atom is -0.508 e. The van der Waals surface area contributed by atoms with Crippen molar-refractivity contribution >= 4 is 23.0 Å². The average molecular weight is 579 g/mol. The van der Waals surface area contributed by atoms with Crippen molar-refractivity contribution in [3.63, 3.8) is 0 Å². The van der Waals surface area contributed by atoms with Crippen molar-refractivity contribution in [1.29, 1.82) is 0 Å². The third-order valence-electron chi connectivity index (χ3n) is 6.86. The predicted octanol–water partition coefficient (Wildman–Crippen LogP) is 2.06. The second-order valence-corrected chi connectivity index (χ2v) is 9.64. The number of hydrogen-bond acceptors (Lipinski definition) is 12. The van der Waals surface area contributed by atoms with E-state index in [1.165, 1.54) is 54.6 Å². The standard InChI is InChI=1S/C30H26O12/c31-13-22-26(38)27(39)30(42-23(37)10-3-14-1-6-16(32)7-2-14)29(41-22)25-19(35)11-18(34)24-20(36)12-21(40-28(24)25)15-4-8-17(33)9-5-15/h1-12,22,26-27,29-35,38-39H,13H2/b10-3-/t22-,26-,27+,29+,30-/m1/s1. The molecule has 42 heavy (non-hydrogen) atoms. The number of phenolic OH excluding ortho intramolecular Hbond substituents is 4. The van der Waals surface area contributed by atoms with Gasteiger partial charge >= 0.3 is 5.97 Å². The van der Waals surface area contributed by atoms with Gasteiger partial charge in [-0.3, -0.25) is 4.79 Å². The first kappa shape index (κ1) is 28.6. The molecule has 0 radical (unpaired) electrons. The van der Waals surface area contributed by atoms with Gasteiger partial charge in [-0.2, -0.15) is 0 Å². The summed E-state index contributed by atoms with van der Waals surface area (Å²) in [5.74, 6) is -2.30. The summed E-state index contributed by atoms with van der Waals surface area (Å²) in [7, 11) is 0. The second-order valence-electron chi connectivity index (χ2n) is 9.64. The zero-order chi connectivity index (χ0) is 30.1. The lowest BCUT2D eigenvalue weighted by Crippen LogP contribution is -2.56. The van der Waals surface area contributed by atoms with E-state index in [9.17, 15) is 45.3 Å². The van der Waals surface area contributed by atoms with Crippen LogP contribution in [0.3, 0.4) is 0 Å². The fourth-order valence-corrected chi connectivity index (χ4v) is 4.74. The van der Waals surface area contributed by atoms with Gasteiger partial charge < -0.3 is 49.6 Å². The van der Waals surface area contributed by atoms with E-state index in [1.807, 2.05) is 0 Å². The molecule has 4 aromatic rings. The van der Waals surface area contributed by atoms with Crippen LogP contribution in [-0.4, -0.2) is 72.7 Å². The Balaban J connectivity index is 1.61. The van der Waals surface area contributed by atoms with Crippen LogP contribution in [0.25, 0.3) is 28.4 Å². The Labute approximate surface area is 237 Å². The van der Waals surface area contributed by atoms with Crippen molar-refractivity contribution in [2.45, 2.75) is 30.5 Å². The smallest absolute Gasteiger partial charge is 0.331 e. The molecule has 1 aromatic heterocycles. The molecule has 2 heterocycles. The molecule has 5 atom stereocenters. The summed E-state index contributed by atoms with van der Waals surface area (Å²) in [6, 6.07) is 13.5. The van der Waals surface area contributed by atoms with Crippen molar-refractivity contribution in [3.8, 4) is 34.3 Å². The minimum absolute atomic E-state index is 0.0146. The number of hydrogen-bond donors (Lipinski definition) is 7. The van der Waals surface area contributed by atoms with Crippen LogP contribution in [0.4, 0.5) is 0 Å². The zero-order valence-corrected chi connectivity index (χ0v) is 21.7. The van der Waals surface area contributed by atoms with Gasteiger partial charge in [0.25, 0.3) is 0 Å². The average Bonchev–Trinajstić information content (AvgIpc) is 2.96. The van der Waals surface area contributed by atoms with Crippen LogP contribution in [0.5, 0.6) is 23.0 Å². The van der Waals surface area contributed by atoms with Gasteiger partial charge in [-0.1, -0.05) is 12.1 Å². The quantitative estimate of drug-likeness (QED) is 0.130. The van der Waals surface area contributed by atoms with Gasteiger partial charge in [0.2, 0.25) is 0 Å². The molecule has 0 unspecified atom stereocenters. The van der Waals surface area contributed by atoms with Gasteiger partial charge in [0.1, 0.15) is 58.6 Å². The van der Waals surface area contributed by atoms with E-state index in [-0.39, 0.29) is 33.8 Å². The highest BCUT2D eigenvalue weighted by Gasteiger charge is 2.48. The second kappa shape index (κ2) is 11.5. The fraction of sp³-hybridized carbons (Fsp3) is 0.200. The third kappa shape index (κ3) is 5.51. The van der Waals surface area contributed by atoms with Crippen molar-refractivity contribution in [1.82, 2.24) is 0 Å². The molecule has 218 valence electrons. The maximum atomic E-state index is 13.1. The first-order valence-electron chi connectivity index (χ1n) is 12.7. The van der Waals surface area contributed by atoms with Gasteiger partial charge in [0.05, 0.1) is 12.2 Å². The highest BCUT2D eigenvalue weighted by atomic mass is 16.6. The molecule has 0 spiro atoms. The maximum absolute atomic E-state index is 13.1. The Bertz CT molecular complexity index is 1690. The predicted molar refractivity (Wildman–Crippen MR) is 147 cm³/mol. The maximum Gasteiger partial charge on any atom is 0.331 e. The lowest BCUT2D eigenvalue weighted by Gasteiger charge is -2.41. The van der Waals surface area contributed by atoms with Crippen LogP contribution in [0, 0.1) is 0 Å². The SMILES string of the molecule is O=C(/C=C\c1ccc(O)cc1)O[C@@H]1[C@@H](O)[C@H](O)[C@@H](CO)O[C@H]1c1c(O)cc(O)c2c(=O)cc(-c3ccc(O)cc3)oc12. The van der Waals surface area contributed by atoms with Crippen molar-refractivity contribution < 1.29 is 54.4 Å².